The topological polar surface area (TPSA) is 15.3 Å². The average molecular weight is 264 g/mol. The lowest BCUT2D eigenvalue weighted by Gasteiger charge is -2.45. The molecule has 1 aromatic rings. The van der Waals surface area contributed by atoms with E-state index in [1.54, 1.807) is 0 Å². The van der Waals surface area contributed by atoms with E-state index in [2.05, 4.69) is 27.0 Å². The molecule has 1 atom stereocenters. The Balaban J connectivity index is 1.53. The Morgan fingerprint density at radius 2 is 2.28 bits per heavy atom. The zero-order chi connectivity index (χ0) is 12.3. The molecule has 2 fully saturated rings. The fourth-order valence-corrected chi connectivity index (χ4v) is 4.30. The van der Waals surface area contributed by atoms with Crippen LogP contribution < -0.4 is 5.32 Å². The third-order valence-electron chi connectivity index (χ3n) is 4.60. The summed E-state index contributed by atoms with van der Waals surface area (Å²) in [6.07, 6.45) is 6.88. The molecule has 2 aliphatic heterocycles. The molecule has 1 unspecified atom stereocenters. The smallest absolute Gasteiger partial charge is 0.00503 e. The van der Waals surface area contributed by atoms with E-state index in [1.807, 2.05) is 11.3 Å². The first-order chi connectivity index (χ1) is 8.86. The Kier molecular flexibility index (Phi) is 4.02. The minimum Gasteiger partial charge on any atom is -0.316 e. The fraction of sp³-hybridized carbons (Fsp3) is 0.733. The Hall–Kier alpha value is -0.380. The largest absolute Gasteiger partial charge is 0.316 e. The van der Waals surface area contributed by atoms with Gasteiger partial charge in [0.1, 0.15) is 0 Å². The fourth-order valence-electron chi connectivity index (χ4n) is 3.60. The highest BCUT2D eigenvalue weighted by Gasteiger charge is 2.36. The molecule has 100 valence electrons. The predicted octanol–water partition coefficient (Wildman–Crippen LogP) is 2.76. The van der Waals surface area contributed by atoms with Crippen LogP contribution in [0.5, 0.6) is 0 Å². The normalized spacial score (nSPS) is 29.8. The van der Waals surface area contributed by atoms with Crippen molar-refractivity contribution in [1.82, 2.24) is 10.2 Å². The molecule has 18 heavy (non-hydrogen) atoms. The third-order valence-corrected chi connectivity index (χ3v) is 5.33. The molecule has 2 aliphatic rings. The van der Waals surface area contributed by atoms with E-state index in [4.69, 9.17) is 0 Å². The maximum absolute atomic E-state index is 3.61. The molecule has 0 aliphatic carbocycles. The van der Waals surface area contributed by atoms with Crippen molar-refractivity contribution in [1.29, 1.82) is 0 Å². The SMILES string of the molecule is c1cc(CCN2CCCC3(CCCNC3)C2)cs1. The number of hydrogen-bond donors (Lipinski definition) is 1. The zero-order valence-electron chi connectivity index (χ0n) is 11.2. The molecule has 0 aromatic carbocycles. The Bertz CT molecular complexity index is 349. The van der Waals surface area contributed by atoms with E-state index in [9.17, 15) is 0 Å². The Labute approximate surface area is 114 Å². The molecular formula is C15H24N2S. The second-order valence-corrected chi connectivity index (χ2v) is 6.82. The lowest BCUT2D eigenvalue weighted by Crippen LogP contribution is -2.51. The van der Waals surface area contributed by atoms with Crippen molar-refractivity contribution in [2.24, 2.45) is 5.41 Å². The van der Waals surface area contributed by atoms with Gasteiger partial charge in [-0.3, -0.25) is 0 Å². The van der Waals surface area contributed by atoms with Crippen molar-refractivity contribution < 1.29 is 0 Å². The van der Waals surface area contributed by atoms with Crippen LogP contribution in [0.3, 0.4) is 0 Å². The molecule has 3 rings (SSSR count). The summed E-state index contributed by atoms with van der Waals surface area (Å²) >= 11 is 1.82. The average Bonchev–Trinajstić information content (AvgIpc) is 2.91. The van der Waals surface area contributed by atoms with Crippen LogP contribution in [-0.2, 0) is 6.42 Å². The summed E-state index contributed by atoms with van der Waals surface area (Å²) in [5, 5.41) is 8.10. The molecule has 1 N–H and O–H groups in total. The molecule has 0 amide bonds. The first-order valence-electron chi connectivity index (χ1n) is 7.31. The summed E-state index contributed by atoms with van der Waals surface area (Å²) in [6.45, 7) is 6.37. The minimum atomic E-state index is 0.602. The van der Waals surface area contributed by atoms with Crippen LogP contribution in [-0.4, -0.2) is 37.6 Å². The standard InChI is InChI=1S/C15H24N2S/c1-5-15(12-16-7-1)6-2-8-17(13-15)9-3-14-4-10-18-11-14/h4,10-11,16H,1-3,5-9,12-13H2. The monoisotopic (exact) mass is 264 g/mol. The number of thiophene rings is 1. The van der Waals surface area contributed by atoms with Crippen molar-refractivity contribution in [3.63, 3.8) is 0 Å². The summed E-state index contributed by atoms with van der Waals surface area (Å²) in [5.41, 5.74) is 2.12. The highest BCUT2D eigenvalue weighted by molar-refractivity contribution is 7.07. The van der Waals surface area contributed by atoms with Crippen molar-refractivity contribution in [3.8, 4) is 0 Å². The first kappa shape index (κ1) is 12.6. The Morgan fingerprint density at radius 1 is 1.33 bits per heavy atom. The highest BCUT2D eigenvalue weighted by Crippen LogP contribution is 2.35. The van der Waals surface area contributed by atoms with E-state index >= 15 is 0 Å². The summed E-state index contributed by atoms with van der Waals surface area (Å²) in [7, 11) is 0. The molecule has 0 radical (unpaired) electrons. The summed E-state index contributed by atoms with van der Waals surface area (Å²) in [5.74, 6) is 0. The third kappa shape index (κ3) is 2.95. The molecular weight excluding hydrogens is 240 g/mol. The number of nitrogens with zero attached hydrogens (tertiary/aromatic N) is 1. The highest BCUT2D eigenvalue weighted by atomic mass is 32.1. The van der Waals surface area contributed by atoms with Gasteiger partial charge in [-0.1, -0.05) is 0 Å². The number of nitrogens with one attached hydrogen (secondary N) is 1. The summed E-state index contributed by atoms with van der Waals surface area (Å²) < 4.78 is 0. The maximum atomic E-state index is 3.61. The number of likely N-dealkylation sites (tertiary alicyclic amines) is 1. The van der Waals surface area contributed by atoms with Crippen LogP contribution >= 0.6 is 11.3 Å². The van der Waals surface area contributed by atoms with E-state index in [-0.39, 0.29) is 0 Å². The second kappa shape index (κ2) is 5.72. The number of piperidine rings is 2. The molecule has 2 nitrogen and oxygen atoms in total. The molecule has 2 saturated heterocycles. The van der Waals surface area contributed by atoms with Gasteiger partial charge in [0.15, 0.2) is 0 Å². The van der Waals surface area contributed by atoms with Gasteiger partial charge in [0, 0.05) is 19.6 Å². The van der Waals surface area contributed by atoms with E-state index in [0.29, 0.717) is 5.41 Å². The van der Waals surface area contributed by atoms with Gasteiger partial charge < -0.3 is 10.2 Å². The van der Waals surface area contributed by atoms with Crippen LogP contribution in [0, 0.1) is 5.41 Å². The number of hydrogen-bond acceptors (Lipinski definition) is 3. The van der Waals surface area contributed by atoms with Gasteiger partial charge in [0.05, 0.1) is 0 Å². The minimum absolute atomic E-state index is 0.602. The maximum Gasteiger partial charge on any atom is 0.00503 e. The summed E-state index contributed by atoms with van der Waals surface area (Å²) in [6, 6.07) is 2.27. The van der Waals surface area contributed by atoms with Crippen LogP contribution in [0.15, 0.2) is 16.8 Å². The molecule has 0 bridgehead atoms. The van der Waals surface area contributed by atoms with Crippen molar-refractivity contribution in [3.05, 3.63) is 22.4 Å². The molecule has 3 heteroatoms. The molecule has 1 aromatic heterocycles. The van der Waals surface area contributed by atoms with E-state index < -0.39 is 0 Å². The zero-order valence-corrected chi connectivity index (χ0v) is 12.0. The van der Waals surface area contributed by atoms with E-state index in [1.165, 1.54) is 70.4 Å². The predicted molar refractivity (Wildman–Crippen MR) is 78.2 cm³/mol. The van der Waals surface area contributed by atoms with Gasteiger partial charge in [-0.2, -0.15) is 11.3 Å². The van der Waals surface area contributed by atoms with Gasteiger partial charge in [0.2, 0.25) is 0 Å². The van der Waals surface area contributed by atoms with E-state index in [0.717, 1.165) is 0 Å². The lowest BCUT2D eigenvalue weighted by atomic mass is 9.74. The van der Waals surface area contributed by atoms with Crippen molar-refractivity contribution in [2.45, 2.75) is 32.1 Å². The van der Waals surface area contributed by atoms with Crippen LogP contribution in [0.2, 0.25) is 0 Å². The van der Waals surface area contributed by atoms with Crippen LogP contribution in [0.25, 0.3) is 0 Å². The molecule has 3 heterocycles. The lowest BCUT2D eigenvalue weighted by molar-refractivity contribution is 0.0654. The van der Waals surface area contributed by atoms with Gasteiger partial charge in [-0.05, 0) is 73.0 Å². The second-order valence-electron chi connectivity index (χ2n) is 6.04. The van der Waals surface area contributed by atoms with Crippen molar-refractivity contribution >= 4 is 11.3 Å². The van der Waals surface area contributed by atoms with Gasteiger partial charge in [0.25, 0.3) is 0 Å². The molecule has 1 spiro atoms. The summed E-state index contributed by atoms with van der Waals surface area (Å²) in [4.78, 5) is 2.70. The first-order valence-corrected chi connectivity index (χ1v) is 8.25. The molecule has 0 saturated carbocycles. The van der Waals surface area contributed by atoms with Gasteiger partial charge in [-0.25, -0.2) is 0 Å². The Morgan fingerprint density at radius 3 is 3.06 bits per heavy atom. The van der Waals surface area contributed by atoms with Crippen molar-refractivity contribution in [2.75, 3.05) is 32.7 Å². The quantitative estimate of drug-likeness (QED) is 0.903. The van der Waals surface area contributed by atoms with Gasteiger partial charge in [-0.15, -0.1) is 0 Å². The van der Waals surface area contributed by atoms with Gasteiger partial charge >= 0.3 is 0 Å². The van der Waals surface area contributed by atoms with Crippen LogP contribution in [0.1, 0.15) is 31.2 Å². The number of rotatable bonds is 3. The van der Waals surface area contributed by atoms with Crippen LogP contribution in [0.4, 0.5) is 0 Å².